The fraction of sp³-hybridized carbons (Fsp3) is 0.188. The summed E-state index contributed by atoms with van der Waals surface area (Å²) < 4.78 is 0. The summed E-state index contributed by atoms with van der Waals surface area (Å²) in [7, 11) is 0. The summed E-state index contributed by atoms with van der Waals surface area (Å²) in [6.07, 6.45) is 4.76. The number of fused-ring (bicyclic) bond motifs is 1. The molecule has 2 aromatic carbocycles. The second-order valence-electron chi connectivity index (χ2n) is 4.38. The Labute approximate surface area is 107 Å². The molecule has 0 nitrogen and oxygen atoms in total. The monoisotopic (exact) mass is 239 g/mol. The van der Waals surface area contributed by atoms with Crippen LogP contribution in [0.4, 0.5) is 0 Å². The van der Waals surface area contributed by atoms with Crippen molar-refractivity contribution in [3.05, 3.63) is 71.6 Å². The van der Waals surface area contributed by atoms with Crippen molar-refractivity contribution in [3.63, 3.8) is 0 Å². The average molecular weight is 239 g/mol. The Morgan fingerprint density at radius 3 is 2.76 bits per heavy atom. The van der Waals surface area contributed by atoms with Crippen molar-refractivity contribution < 1.29 is 0 Å². The Morgan fingerprint density at radius 1 is 1.00 bits per heavy atom. The molecule has 1 aliphatic carbocycles. The number of benzene rings is 2. The van der Waals surface area contributed by atoms with Gasteiger partial charge in [-0.1, -0.05) is 36.4 Å². The molecule has 0 saturated heterocycles. The van der Waals surface area contributed by atoms with E-state index in [0.29, 0.717) is 0 Å². The highest BCUT2D eigenvalue weighted by Crippen LogP contribution is 2.30. The SMILES string of the molecule is [CH]1CCc2cc(SCc3ccccc3)ccc21. The first-order chi connectivity index (χ1) is 8.42. The number of hydrogen-bond donors (Lipinski definition) is 0. The largest absolute Gasteiger partial charge is 0.121 e. The third-order valence-electron chi connectivity index (χ3n) is 3.14. The molecule has 0 heterocycles. The van der Waals surface area contributed by atoms with Crippen molar-refractivity contribution in [2.75, 3.05) is 0 Å². The minimum Gasteiger partial charge on any atom is -0.121 e. The fourth-order valence-corrected chi connectivity index (χ4v) is 3.13. The van der Waals surface area contributed by atoms with E-state index in [9.17, 15) is 0 Å². The number of hydrogen-bond acceptors (Lipinski definition) is 1. The molecule has 17 heavy (non-hydrogen) atoms. The van der Waals surface area contributed by atoms with Gasteiger partial charge >= 0.3 is 0 Å². The molecule has 0 aromatic heterocycles. The molecule has 1 aliphatic rings. The Hall–Kier alpha value is -1.21. The summed E-state index contributed by atoms with van der Waals surface area (Å²) in [4.78, 5) is 1.39. The van der Waals surface area contributed by atoms with Gasteiger partial charge in [0.25, 0.3) is 0 Å². The normalized spacial score (nSPS) is 13.6. The molecule has 0 aliphatic heterocycles. The number of thioether (sulfide) groups is 1. The zero-order chi connectivity index (χ0) is 11.5. The highest BCUT2D eigenvalue weighted by atomic mass is 32.2. The van der Waals surface area contributed by atoms with Gasteiger partial charge in [-0.2, -0.15) is 0 Å². The first-order valence-electron chi connectivity index (χ1n) is 6.05. The lowest BCUT2D eigenvalue weighted by molar-refractivity contribution is 1.03. The van der Waals surface area contributed by atoms with E-state index >= 15 is 0 Å². The van der Waals surface area contributed by atoms with E-state index in [1.807, 2.05) is 11.8 Å². The summed E-state index contributed by atoms with van der Waals surface area (Å²) in [5.41, 5.74) is 4.35. The Morgan fingerprint density at radius 2 is 1.88 bits per heavy atom. The maximum absolute atomic E-state index is 2.35. The zero-order valence-corrected chi connectivity index (χ0v) is 10.5. The maximum atomic E-state index is 2.35. The molecule has 1 heteroatoms. The van der Waals surface area contributed by atoms with E-state index in [0.717, 1.165) is 5.75 Å². The molecule has 0 saturated carbocycles. The fourth-order valence-electron chi connectivity index (χ4n) is 2.21. The molecule has 0 bridgehead atoms. The average Bonchev–Trinajstić information content (AvgIpc) is 2.85. The van der Waals surface area contributed by atoms with Crippen LogP contribution in [-0.4, -0.2) is 0 Å². The number of rotatable bonds is 3. The molecule has 0 unspecified atom stereocenters. The van der Waals surface area contributed by atoms with Gasteiger partial charge in [0.15, 0.2) is 0 Å². The second-order valence-corrected chi connectivity index (χ2v) is 5.43. The van der Waals surface area contributed by atoms with Gasteiger partial charge in [0.2, 0.25) is 0 Å². The van der Waals surface area contributed by atoms with Crippen LogP contribution < -0.4 is 0 Å². The van der Waals surface area contributed by atoms with Crippen molar-refractivity contribution >= 4 is 11.8 Å². The van der Waals surface area contributed by atoms with Gasteiger partial charge in [-0.15, -0.1) is 11.8 Å². The molecular formula is C16H15S. The Bertz CT molecular complexity index is 502. The third-order valence-corrected chi connectivity index (χ3v) is 4.21. The van der Waals surface area contributed by atoms with Crippen LogP contribution in [0.25, 0.3) is 0 Å². The smallest absolute Gasteiger partial charge is 0.0231 e. The highest BCUT2D eigenvalue weighted by Gasteiger charge is 2.10. The minimum atomic E-state index is 1.06. The predicted octanol–water partition coefficient (Wildman–Crippen LogP) is 4.48. The summed E-state index contributed by atoms with van der Waals surface area (Å²) >= 11 is 1.93. The molecule has 3 rings (SSSR count). The predicted molar refractivity (Wildman–Crippen MR) is 74.2 cm³/mol. The van der Waals surface area contributed by atoms with Crippen molar-refractivity contribution in [1.82, 2.24) is 0 Å². The molecule has 0 amide bonds. The van der Waals surface area contributed by atoms with Crippen molar-refractivity contribution in [2.45, 2.75) is 23.5 Å². The molecule has 0 N–H and O–H groups in total. The summed E-state index contributed by atoms with van der Waals surface area (Å²) in [6.45, 7) is 0. The first kappa shape index (κ1) is 10.9. The quantitative estimate of drug-likeness (QED) is 0.712. The maximum Gasteiger partial charge on any atom is 0.0231 e. The third kappa shape index (κ3) is 2.55. The van der Waals surface area contributed by atoms with Gasteiger partial charge in [-0.25, -0.2) is 0 Å². The first-order valence-corrected chi connectivity index (χ1v) is 7.03. The number of aryl methyl sites for hydroxylation is 1. The van der Waals surface area contributed by atoms with E-state index in [1.54, 1.807) is 0 Å². The molecule has 85 valence electrons. The van der Waals surface area contributed by atoms with Crippen LogP contribution in [0.1, 0.15) is 23.1 Å². The molecule has 0 spiro atoms. The molecule has 0 atom stereocenters. The minimum absolute atomic E-state index is 1.06. The van der Waals surface area contributed by atoms with E-state index in [-0.39, 0.29) is 0 Å². The second kappa shape index (κ2) is 4.97. The topological polar surface area (TPSA) is 0 Å². The highest BCUT2D eigenvalue weighted by molar-refractivity contribution is 7.98. The van der Waals surface area contributed by atoms with E-state index in [1.165, 1.54) is 34.4 Å². The molecule has 1 radical (unpaired) electrons. The van der Waals surface area contributed by atoms with E-state index in [2.05, 4.69) is 55.0 Å². The summed E-state index contributed by atoms with van der Waals surface area (Å²) in [6, 6.07) is 17.5. The van der Waals surface area contributed by atoms with Gasteiger partial charge in [0, 0.05) is 10.6 Å². The van der Waals surface area contributed by atoms with Crippen LogP contribution in [-0.2, 0) is 12.2 Å². The van der Waals surface area contributed by atoms with Gasteiger partial charge in [-0.05, 0) is 48.1 Å². The lowest BCUT2D eigenvalue weighted by Gasteiger charge is -2.05. The zero-order valence-electron chi connectivity index (χ0n) is 9.73. The standard InChI is InChI=1S/C16H15S/c1-2-5-13(6-3-1)12-17-16-10-9-14-7-4-8-15(14)11-16/h1-3,5-7,9-11H,4,8,12H2. The van der Waals surface area contributed by atoms with Gasteiger partial charge in [0.05, 0.1) is 0 Å². The van der Waals surface area contributed by atoms with Crippen molar-refractivity contribution in [3.8, 4) is 0 Å². The van der Waals surface area contributed by atoms with E-state index < -0.39 is 0 Å². The van der Waals surface area contributed by atoms with Crippen LogP contribution >= 0.6 is 11.8 Å². The molecule has 0 fully saturated rings. The van der Waals surface area contributed by atoms with Gasteiger partial charge in [-0.3, -0.25) is 0 Å². The Kier molecular flexibility index (Phi) is 3.19. The molecular weight excluding hydrogens is 224 g/mol. The molecule has 2 aromatic rings. The lowest BCUT2D eigenvalue weighted by Crippen LogP contribution is -1.83. The van der Waals surface area contributed by atoms with Crippen LogP contribution in [0.5, 0.6) is 0 Å². The summed E-state index contributed by atoms with van der Waals surface area (Å²) in [5.74, 6) is 1.06. The summed E-state index contributed by atoms with van der Waals surface area (Å²) in [5, 5.41) is 0. The van der Waals surface area contributed by atoms with Crippen molar-refractivity contribution in [2.24, 2.45) is 0 Å². The Balaban J connectivity index is 1.70. The van der Waals surface area contributed by atoms with Crippen molar-refractivity contribution in [1.29, 1.82) is 0 Å². The van der Waals surface area contributed by atoms with Crippen LogP contribution in [0.2, 0.25) is 0 Å². The van der Waals surface area contributed by atoms with Crippen LogP contribution in [0, 0.1) is 6.42 Å². The lowest BCUT2D eigenvalue weighted by atomic mass is 10.1. The van der Waals surface area contributed by atoms with E-state index in [4.69, 9.17) is 0 Å². The van der Waals surface area contributed by atoms with Gasteiger partial charge in [0.1, 0.15) is 0 Å². The van der Waals surface area contributed by atoms with Gasteiger partial charge < -0.3 is 0 Å². The van der Waals surface area contributed by atoms with Crippen LogP contribution in [0.3, 0.4) is 0 Å². The van der Waals surface area contributed by atoms with Crippen LogP contribution in [0.15, 0.2) is 53.4 Å².